The van der Waals surface area contributed by atoms with Gasteiger partial charge >= 0.3 is 5.97 Å². The van der Waals surface area contributed by atoms with E-state index in [-0.39, 0.29) is 17.9 Å². The lowest BCUT2D eigenvalue weighted by Crippen LogP contribution is -2.46. The average Bonchev–Trinajstić information content (AvgIpc) is 3.24. The van der Waals surface area contributed by atoms with Crippen LogP contribution in [0.3, 0.4) is 0 Å². The maximum atomic E-state index is 12.1. The van der Waals surface area contributed by atoms with Crippen molar-refractivity contribution < 1.29 is 19.4 Å². The smallest absolute Gasteiger partial charge is 0.306 e. The number of pyridine rings is 1. The number of ether oxygens (including phenoxy) is 1. The van der Waals surface area contributed by atoms with E-state index in [1.54, 1.807) is 0 Å². The Labute approximate surface area is 132 Å². The van der Waals surface area contributed by atoms with Crippen LogP contribution in [0.5, 0.6) is 5.88 Å². The van der Waals surface area contributed by atoms with E-state index in [4.69, 9.17) is 21.4 Å². The van der Waals surface area contributed by atoms with Gasteiger partial charge < -0.3 is 15.2 Å². The minimum atomic E-state index is -0.813. The third-order valence-corrected chi connectivity index (χ3v) is 4.32. The number of hydrogen-bond donors (Lipinski definition) is 2. The molecule has 2 aliphatic rings. The summed E-state index contributed by atoms with van der Waals surface area (Å²) in [7, 11) is 0. The van der Waals surface area contributed by atoms with Crippen LogP contribution in [0.2, 0.25) is 5.02 Å². The normalized spacial score (nSPS) is 23.5. The Morgan fingerprint density at radius 3 is 2.73 bits per heavy atom. The van der Waals surface area contributed by atoms with Gasteiger partial charge in [0, 0.05) is 12.2 Å². The summed E-state index contributed by atoms with van der Waals surface area (Å²) in [6.45, 7) is 0.608. The topological polar surface area (TPSA) is 88.5 Å². The highest BCUT2D eigenvalue weighted by Crippen LogP contribution is 2.31. The van der Waals surface area contributed by atoms with E-state index >= 15 is 0 Å². The zero-order chi connectivity index (χ0) is 15.7. The van der Waals surface area contributed by atoms with Crippen LogP contribution in [0.25, 0.3) is 0 Å². The number of carbonyl (C=O) groups excluding carboxylic acids is 1. The molecule has 2 N–H and O–H groups in total. The molecule has 0 radical (unpaired) electrons. The molecular weight excluding hydrogens is 308 g/mol. The predicted molar refractivity (Wildman–Crippen MR) is 79.1 cm³/mol. The number of aliphatic carboxylic acids is 1. The number of amides is 1. The summed E-state index contributed by atoms with van der Waals surface area (Å²) in [5, 5.41) is 11.9. The third kappa shape index (κ3) is 3.50. The maximum Gasteiger partial charge on any atom is 0.306 e. The standard InChI is InChI=1S/C15H17ClN2O4/c16-12-5-10(6-17-14(12)22-7-8-1-2-8)13(19)18-11-3-9(4-11)15(20)21/h5-6,8-9,11H,1-4,7H2,(H,18,19)(H,20,21). The molecule has 0 bridgehead atoms. The number of carboxylic acid groups (broad SMARTS) is 1. The molecule has 0 saturated heterocycles. The van der Waals surface area contributed by atoms with Crippen LogP contribution in [0.15, 0.2) is 12.3 Å². The zero-order valence-corrected chi connectivity index (χ0v) is 12.7. The lowest BCUT2D eigenvalue weighted by molar-refractivity contribution is -0.145. The largest absolute Gasteiger partial charge is 0.481 e. The molecule has 0 spiro atoms. The highest BCUT2D eigenvalue weighted by Gasteiger charge is 2.35. The summed E-state index contributed by atoms with van der Waals surface area (Å²) in [6, 6.07) is 1.43. The van der Waals surface area contributed by atoms with Crippen molar-refractivity contribution in [3.8, 4) is 5.88 Å². The van der Waals surface area contributed by atoms with Crippen LogP contribution in [0, 0.1) is 11.8 Å². The number of nitrogens with zero attached hydrogens (tertiary/aromatic N) is 1. The molecule has 2 aliphatic carbocycles. The Balaban J connectivity index is 1.54. The lowest BCUT2D eigenvalue weighted by atomic mass is 9.80. The van der Waals surface area contributed by atoms with Gasteiger partial charge in [-0.3, -0.25) is 9.59 Å². The first-order valence-electron chi connectivity index (χ1n) is 7.35. The molecule has 1 aromatic heterocycles. The molecule has 1 amide bonds. The molecule has 6 nitrogen and oxygen atoms in total. The second-order valence-electron chi connectivity index (χ2n) is 5.94. The molecule has 0 atom stereocenters. The van der Waals surface area contributed by atoms with Crippen LogP contribution >= 0.6 is 11.6 Å². The molecule has 2 fully saturated rings. The van der Waals surface area contributed by atoms with E-state index < -0.39 is 5.97 Å². The SMILES string of the molecule is O=C(NC1CC(C(=O)O)C1)c1cnc(OCC2CC2)c(Cl)c1. The first-order chi connectivity index (χ1) is 10.5. The van der Waals surface area contributed by atoms with Crippen LogP contribution < -0.4 is 10.1 Å². The monoisotopic (exact) mass is 324 g/mol. The quantitative estimate of drug-likeness (QED) is 0.836. The molecule has 7 heteroatoms. The van der Waals surface area contributed by atoms with Gasteiger partial charge in [-0.2, -0.15) is 0 Å². The fourth-order valence-electron chi connectivity index (χ4n) is 2.34. The number of hydrogen-bond acceptors (Lipinski definition) is 4. The van der Waals surface area contributed by atoms with Gasteiger partial charge in [0.05, 0.1) is 18.1 Å². The van der Waals surface area contributed by atoms with Crippen molar-refractivity contribution in [3.63, 3.8) is 0 Å². The Morgan fingerprint density at radius 1 is 1.41 bits per heavy atom. The van der Waals surface area contributed by atoms with Gasteiger partial charge in [-0.25, -0.2) is 4.98 Å². The molecule has 1 heterocycles. The van der Waals surface area contributed by atoms with Crippen molar-refractivity contribution in [1.82, 2.24) is 10.3 Å². The summed E-state index contributed by atoms with van der Waals surface area (Å²) in [4.78, 5) is 26.9. The first-order valence-corrected chi connectivity index (χ1v) is 7.72. The van der Waals surface area contributed by atoms with Gasteiger partial charge in [-0.15, -0.1) is 0 Å². The maximum absolute atomic E-state index is 12.1. The van der Waals surface area contributed by atoms with Gasteiger partial charge in [0.15, 0.2) is 0 Å². The summed E-state index contributed by atoms with van der Waals surface area (Å²) < 4.78 is 5.51. The van der Waals surface area contributed by atoms with E-state index in [9.17, 15) is 9.59 Å². The number of halogens is 1. The second-order valence-corrected chi connectivity index (χ2v) is 6.35. The van der Waals surface area contributed by atoms with Crippen LogP contribution in [-0.4, -0.2) is 34.6 Å². The van der Waals surface area contributed by atoms with Gasteiger partial charge in [0.25, 0.3) is 5.91 Å². The first kappa shape index (κ1) is 15.1. The Hall–Kier alpha value is -1.82. The summed E-state index contributed by atoms with van der Waals surface area (Å²) >= 11 is 6.08. The zero-order valence-electron chi connectivity index (χ0n) is 11.9. The molecule has 2 saturated carbocycles. The molecule has 118 valence electrons. The van der Waals surface area contributed by atoms with E-state index in [2.05, 4.69) is 10.3 Å². The molecule has 1 aromatic rings. The minimum absolute atomic E-state index is 0.0989. The number of nitrogens with one attached hydrogen (secondary N) is 1. The van der Waals surface area contributed by atoms with Crippen molar-refractivity contribution in [2.45, 2.75) is 31.7 Å². The highest BCUT2D eigenvalue weighted by atomic mass is 35.5. The average molecular weight is 325 g/mol. The van der Waals surface area contributed by atoms with Gasteiger partial charge in [-0.1, -0.05) is 11.6 Å². The summed E-state index contributed by atoms with van der Waals surface area (Å²) in [6.07, 6.45) is 4.71. The van der Waals surface area contributed by atoms with E-state index in [0.717, 1.165) is 0 Å². The number of carboxylic acids is 1. The van der Waals surface area contributed by atoms with E-state index in [1.807, 2.05) is 0 Å². The summed E-state index contributed by atoms with van der Waals surface area (Å²) in [5.41, 5.74) is 0.350. The molecule has 0 aromatic carbocycles. The van der Waals surface area contributed by atoms with E-state index in [1.165, 1.54) is 25.1 Å². The lowest BCUT2D eigenvalue weighted by Gasteiger charge is -2.32. The minimum Gasteiger partial charge on any atom is -0.481 e. The van der Waals surface area contributed by atoms with Gasteiger partial charge in [0.2, 0.25) is 5.88 Å². The molecule has 0 unspecified atom stereocenters. The van der Waals surface area contributed by atoms with E-state index in [0.29, 0.717) is 41.8 Å². The highest BCUT2D eigenvalue weighted by molar-refractivity contribution is 6.32. The van der Waals surface area contributed by atoms with Crippen molar-refractivity contribution in [2.24, 2.45) is 11.8 Å². The fourth-order valence-corrected chi connectivity index (χ4v) is 2.56. The predicted octanol–water partition coefficient (Wildman–Crippen LogP) is 2.12. The Kier molecular flexibility index (Phi) is 4.20. The van der Waals surface area contributed by atoms with Crippen LogP contribution in [0.1, 0.15) is 36.0 Å². The summed E-state index contributed by atoms with van der Waals surface area (Å²) in [5.74, 6) is -0.518. The van der Waals surface area contributed by atoms with Crippen molar-refractivity contribution >= 4 is 23.5 Å². The molecular formula is C15H17ClN2O4. The molecule has 22 heavy (non-hydrogen) atoms. The van der Waals surface area contributed by atoms with Gasteiger partial charge in [-0.05, 0) is 37.7 Å². The van der Waals surface area contributed by atoms with Gasteiger partial charge in [0.1, 0.15) is 5.02 Å². The number of aromatic nitrogens is 1. The van der Waals surface area contributed by atoms with Crippen molar-refractivity contribution in [3.05, 3.63) is 22.8 Å². The Bertz CT molecular complexity index is 597. The number of carbonyl (C=O) groups is 2. The van der Waals surface area contributed by atoms with Crippen LogP contribution in [0.4, 0.5) is 0 Å². The number of rotatable bonds is 6. The Morgan fingerprint density at radius 2 is 2.14 bits per heavy atom. The van der Waals surface area contributed by atoms with Crippen molar-refractivity contribution in [2.75, 3.05) is 6.61 Å². The molecule has 3 rings (SSSR count). The molecule has 0 aliphatic heterocycles. The fraction of sp³-hybridized carbons (Fsp3) is 0.533. The van der Waals surface area contributed by atoms with Crippen molar-refractivity contribution in [1.29, 1.82) is 0 Å². The van der Waals surface area contributed by atoms with Crippen LogP contribution in [-0.2, 0) is 4.79 Å². The third-order valence-electron chi connectivity index (χ3n) is 4.04. The second kappa shape index (κ2) is 6.12.